The van der Waals surface area contributed by atoms with Crippen LogP contribution >= 0.6 is 0 Å². The fourth-order valence-electron chi connectivity index (χ4n) is 0. The van der Waals surface area contributed by atoms with Gasteiger partial charge >= 0.3 is 0 Å². The minimum atomic E-state index is -2.29. The predicted molar refractivity (Wildman–Crippen MR) is 40.0 cm³/mol. The van der Waals surface area contributed by atoms with Gasteiger partial charge in [-0.05, 0) is 0 Å². The monoisotopic (exact) mass is 257 g/mol. The summed E-state index contributed by atoms with van der Waals surface area (Å²) in [6.07, 6.45) is -9.11. The van der Waals surface area contributed by atoms with Crippen LogP contribution in [0, 0.1) is 0 Å². The van der Waals surface area contributed by atoms with Crippen LogP contribution in [0.2, 0.25) is 0 Å². The summed E-state index contributed by atoms with van der Waals surface area (Å²) in [7, 11) is 0. The number of rotatable bonds is 0. The Morgan fingerprint density at radius 3 is 0.562 bits per heavy atom. The lowest BCUT2D eigenvalue weighted by atomic mass is 10.8. The fraction of sp³-hybridized carbons (Fsp3) is 0. The largest absolute Gasteiger partial charge is 0.298 e. The van der Waals surface area contributed by atoms with Gasteiger partial charge in [0.2, 0.25) is 0 Å². The molecule has 0 amide bonds. The highest BCUT2D eigenvalue weighted by atomic mass is 19.3. The molecule has 0 aliphatic heterocycles. The third-order valence-corrected chi connectivity index (χ3v) is 0.247. The van der Waals surface area contributed by atoms with Gasteiger partial charge in [0.1, 0.15) is 0 Å². The number of hydrogen-bond donors (Lipinski definition) is 0. The summed E-state index contributed by atoms with van der Waals surface area (Å²) in [5, 5.41) is 0. The summed E-state index contributed by atoms with van der Waals surface area (Å²) >= 11 is 0. The molecule has 93 valence electrons. The molecule has 0 saturated carbocycles. The molecule has 0 rings (SSSR count). The van der Waals surface area contributed by atoms with Crippen LogP contribution in [-0.2, 0) is 0 Å². The lowest BCUT2D eigenvalue weighted by molar-refractivity contribution is 0.399. The van der Waals surface area contributed by atoms with E-state index in [9.17, 15) is 39.5 Å². The first-order valence-electron chi connectivity index (χ1n) is 2.65. The van der Waals surface area contributed by atoms with E-state index in [1.807, 2.05) is 0 Å². The summed E-state index contributed by atoms with van der Waals surface area (Å²) < 4.78 is 92.1. The summed E-state index contributed by atoms with van der Waals surface area (Å²) in [5.74, 6) is 0. The predicted octanol–water partition coefficient (Wildman–Crippen LogP) is 4.70. The van der Waals surface area contributed by atoms with Crippen molar-refractivity contribution < 1.29 is 39.5 Å². The molecule has 0 aromatic rings. The van der Waals surface area contributed by atoms with Crippen LogP contribution in [0.1, 0.15) is 0 Å². The quantitative estimate of drug-likeness (QED) is 0.435. The Morgan fingerprint density at radius 1 is 0.500 bits per heavy atom. The zero-order valence-corrected chi connectivity index (χ0v) is 7.21. The molecular weight excluding hydrogens is 254 g/mol. The molecule has 0 aromatic carbocycles. The Bertz CT molecular complexity index is 172. The average Bonchev–Trinajstić information content (AvgIpc) is 2.19. The highest BCUT2D eigenvalue weighted by molar-refractivity contribution is 5.75. The minimum Gasteiger partial charge on any atom is -0.210 e. The van der Waals surface area contributed by atoms with Gasteiger partial charge in [-0.15, -0.1) is 0 Å². The molecule has 16 heavy (non-hydrogen) atoms. The second kappa shape index (κ2) is 19.3. The highest BCUT2D eigenvalue weighted by Crippen LogP contribution is 1.94. The second-order valence-corrected chi connectivity index (χ2v) is 1.20. The topological polar surface area (TPSA) is 0 Å². The van der Waals surface area contributed by atoms with Crippen LogP contribution in [0.15, 0.2) is 37.2 Å². The van der Waals surface area contributed by atoms with Crippen LogP contribution in [0.3, 0.4) is 0 Å². The average molecular weight is 257 g/mol. The second-order valence-electron chi connectivity index (χ2n) is 1.20. The van der Waals surface area contributed by atoms with Crippen molar-refractivity contribution >= 4 is 8.41 Å². The minimum absolute atomic E-state index is 0. The van der Waals surface area contributed by atoms with Crippen molar-refractivity contribution in [3.05, 3.63) is 37.2 Å². The molecule has 0 unspecified atom stereocenters. The van der Waals surface area contributed by atoms with Gasteiger partial charge in [-0.1, -0.05) is 0 Å². The first kappa shape index (κ1) is 24.1. The number of hydrogen-bond acceptors (Lipinski definition) is 0. The van der Waals surface area contributed by atoms with Gasteiger partial charge in [-0.2, -0.15) is 26.3 Å². The van der Waals surface area contributed by atoms with Crippen LogP contribution in [0.5, 0.6) is 0 Å². The molecule has 3 radical (unpaired) electrons. The van der Waals surface area contributed by atoms with Gasteiger partial charge in [-0.3, -0.25) is 0 Å². The molecule has 0 N–H and O–H groups in total. The van der Waals surface area contributed by atoms with E-state index in [4.69, 9.17) is 0 Å². The van der Waals surface area contributed by atoms with Gasteiger partial charge in [0.15, 0.2) is 19.0 Å². The van der Waals surface area contributed by atoms with Gasteiger partial charge in [0, 0.05) is 8.41 Å². The van der Waals surface area contributed by atoms with E-state index in [0.29, 0.717) is 0 Å². The van der Waals surface area contributed by atoms with Gasteiger partial charge in [-0.25, -0.2) is 13.2 Å². The van der Waals surface area contributed by atoms with Crippen molar-refractivity contribution in [3.8, 4) is 0 Å². The van der Waals surface area contributed by atoms with Crippen molar-refractivity contribution in [3.63, 3.8) is 0 Å². The molecule has 0 spiro atoms. The van der Waals surface area contributed by atoms with Crippen LogP contribution < -0.4 is 0 Å². The van der Waals surface area contributed by atoms with Crippen LogP contribution in [0.25, 0.3) is 0 Å². The third kappa shape index (κ3) is 79.3. The zero-order chi connectivity index (χ0) is 12.9. The van der Waals surface area contributed by atoms with E-state index in [1.165, 1.54) is 0 Å². The van der Waals surface area contributed by atoms with E-state index in [1.54, 1.807) is 0 Å². The lowest BCUT2D eigenvalue weighted by Crippen LogP contribution is -1.42. The first-order chi connectivity index (χ1) is 6.81. The molecule has 0 aromatic heterocycles. The first-order valence-corrected chi connectivity index (χ1v) is 2.65. The van der Waals surface area contributed by atoms with Crippen molar-refractivity contribution in [2.24, 2.45) is 0 Å². The maximum atomic E-state index is 10.2. The Morgan fingerprint density at radius 2 is 0.562 bits per heavy atom. The Labute approximate surface area is 86.3 Å². The molecule has 0 heterocycles. The van der Waals surface area contributed by atoms with Gasteiger partial charge < -0.3 is 0 Å². The van der Waals surface area contributed by atoms with E-state index in [0.717, 1.165) is 0 Å². The SMILES string of the molecule is FC=C(F)F.FC=C(F)F.FC=C(F)F.[B]. The Balaban J connectivity index is -0.0000000655. The van der Waals surface area contributed by atoms with Crippen LogP contribution in [0.4, 0.5) is 39.5 Å². The van der Waals surface area contributed by atoms with E-state index >= 15 is 0 Å². The summed E-state index contributed by atoms with van der Waals surface area (Å²) in [5.41, 5.74) is 0. The van der Waals surface area contributed by atoms with Crippen molar-refractivity contribution in [2.45, 2.75) is 0 Å². The molecular formula is C6H3BF9. The smallest absolute Gasteiger partial charge is 0.210 e. The van der Waals surface area contributed by atoms with E-state index < -0.39 is 37.2 Å². The molecule has 0 fully saturated rings. The zero-order valence-electron chi connectivity index (χ0n) is 7.21. The Hall–Kier alpha value is -1.35. The molecule has 0 saturated heterocycles. The van der Waals surface area contributed by atoms with E-state index in [2.05, 4.69) is 0 Å². The highest BCUT2D eigenvalue weighted by Gasteiger charge is 1.78. The summed E-state index contributed by atoms with van der Waals surface area (Å²) in [6.45, 7) is 0. The molecule has 10 heteroatoms. The molecule has 0 nitrogen and oxygen atoms in total. The summed E-state index contributed by atoms with van der Waals surface area (Å²) in [4.78, 5) is 0. The van der Waals surface area contributed by atoms with Crippen LogP contribution in [-0.4, -0.2) is 8.41 Å². The summed E-state index contributed by atoms with van der Waals surface area (Å²) in [6, 6.07) is 0. The Kier molecular flexibility index (Phi) is 29.0. The van der Waals surface area contributed by atoms with Crippen molar-refractivity contribution in [1.29, 1.82) is 0 Å². The molecule has 0 aliphatic carbocycles. The fourth-order valence-corrected chi connectivity index (χ4v) is 0. The maximum absolute atomic E-state index is 10.2. The molecule has 0 atom stereocenters. The standard InChI is InChI=1S/3C2HF3.B/c3*3-1-2(4)5;/h3*1H;. The third-order valence-electron chi connectivity index (χ3n) is 0.247. The van der Waals surface area contributed by atoms with Crippen molar-refractivity contribution in [2.75, 3.05) is 0 Å². The number of halogens is 9. The van der Waals surface area contributed by atoms with Gasteiger partial charge in [0.25, 0.3) is 18.2 Å². The molecule has 0 aliphatic rings. The maximum Gasteiger partial charge on any atom is 0.298 e. The van der Waals surface area contributed by atoms with Crippen molar-refractivity contribution in [1.82, 2.24) is 0 Å². The normalized spacial score (nSPS) is 6.56. The lowest BCUT2D eigenvalue weighted by Gasteiger charge is -1.59. The van der Waals surface area contributed by atoms with Gasteiger partial charge in [0.05, 0.1) is 0 Å². The van der Waals surface area contributed by atoms with E-state index in [-0.39, 0.29) is 8.41 Å². The molecule has 0 bridgehead atoms.